The second-order valence-corrected chi connectivity index (χ2v) is 5.03. The van der Waals surface area contributed by atoms with Crippen LogP contribution in [0.2, 0.25) is 10.0 Å². The first kappa shape index (κ1) is 14.9. The molecule has 0 aromatic heterocycles. The number of thioether (sulfide) groups is 1. The van der Waals surface area contributed by atoms with Crippen molar-refractivity contribution in [1.29, 1.82) is 0 Å². The molecule has 0 aliphatic carbocycles. The van der Waals surface area contributed by atoms with E-state index in [1.807, 2.05) is 24.7 Å². The largest absolute Gasteiger partial charge is 0.221 e. The molecule has 0 fully saturated rings. The smallest absolute Gasteiger partial charge is 0.100 e. The van der Waals surface area contributed by atoms with E-state index >= 15 is 0 Å². The molecule has 1 atom stereocenters. The van der Waals surface area contributed by atoms with Crippen LogP contribution in [0.3, 0.4) is 0 Å². The molecular weight excluding hydrogens is 301 g/mol. The maximum absolute atomic E-state index is 6.18. The Kier molecular flexibility index (Phi) is 5.89. The fraction of sp³-hybridized carbons (Fsp3) is 0.300. The molecule has 1 N–H and O–H groups in total. The van der Waals surface area contributed by atoms with Crippen molar-refractivity contribution in [3.05, 3.63) is 33.8 Å². The molecule has 1 aliphatic rings. The zero-order valence-electron chi connectivity index (χ0n) is 9.06. The average molecular weight is 313 g/mol. The first-order valence-electron chi connectivity index (χ1n) is 4.78. The van der Waals surface area contributed by atoms with Crippen LogP contribution in [0.1, 0.15) is 11.6 Å². The molecule has 94 valence electrons. The van der Waals surface area contributed by atoms with E-state index in [4.69, 9.17) is 23.2 Å². The van der Waals surface area contributed by atoms with E-state index in [9.17, 15) is 0 Å². The summed E-state index contributed by atoms with van der Waals surface area (Å²) in [4.78, 5) is 0. The van der Waals surface area contributed by atoms with Gasteiger partial charge in [-0.3, -0.25) is 0 Å². The Balaban J connectivity index is 0.00000144. The van der Waals surface area contributed by atoms with Gasteiger partial charge in [0.1, 0.15) is 6.04 Å². The van der Waals surface area contributed by atoms with Crippen molar-refractivity contribution in [2.45, 2.75) is 6.04 Å². The van der Waals surface area contributed by atoms with Crippen LogP contribution in [0.15, 0.2) is 23.3 Å². The van der Waals surface area contributed by atoms with E-state index in [-0.39, 0.29) is 18.4 Å². The van der Waals surface area contributed by atoms with Crippen LogP contribution >= 0.6 is 47.4 Å². The molecule has 0 spiro atoms. The lowest BCUT2D eigenvalue weighted by molar-refractivity contribution is 0.160. The quantitative estimate of drug-likeness (QED) is 0.904. The number of nitrogens with one attached hydrogen (secondary N) is 1. The van der Waals surface area contributed by atoms with E-state index in [0.29, 0.717) is 10.0 Å². The molecule has 1 aliphatic heterocycles. The maximum atomic E-state index is 6.18. The van der Waals surface area contributed by atoms with Crippen LogP contribution in [-0.4, -0.2) is 23.5 Å². The Morgan fingerprint density at radius 2 is 2.24 bits per heavy atom. The fourth-order valence-electron chi connectivity index (χ4n) is 1.57. The fourth-order valence-corrected chi connectivity index (χ4v) is 2.76. The number of hydrogen-bond donors (Lipinski definition) is 1. The summed E-state index contributed by atoms with van der Waals surface area (Å²) in [5.41, 5.74) is 5.82. The number of hydrazine groups is 1. The molecule has 1 heterocycles. The molecule has 7 heteroatoms. The van der Waals surface area contributed by atoms with E-state index < -0.39 is 0 Å². The molecule has 0 radical (unpaired) electrons. The van der Waals surface area contributed by atoms with Crippen LogP contribution in [0.4, 0.5) is 0 Å². The van der Waals surface area contributed by atoms with Crippen molar-refractivity contribution in [3.63, 3.8) is 0 Å². The number of rotatable bonds is 2. The molecule has 1 aromatic rings. The lowest BCUT2D eigenvalue weighted by atomic mass is 10.1. The summed E-state index contributed by atoms with van der Waals surface area (Å²) in [6, 6.07) is 5.60. The molecule has 0 amide bonds. The van der Waals surface area contributed by atoms with E-state index in [2.05, 4.69) is 10.5 Å². The average Bonchev–Trinajstić information content (AvgIpc) is 2.32. The Morgan fingerprint density at radius 3 is 2.94 bits per heavy atom. The minimum absolute atomic E-state index is 0. The number of halogens is 3. The molecule has 1 unspecified atom stereocenters. The Hall–Kier alpha value is -0.130. The predicted molar refractivity (Wildman–Crippen MR) is 78.3 cm³/mol. The van der Waals surface area contributed by atoms with Gasteiger partial charge in [-0.05, 0) is 23.8 Å². The van der Waals surface area contributed by atoms with Crippen molar-refractivity contribution < 1.29 is 0 Å². The lowest BCUT2D eigenvalue weighted by Crippen LogP contribution is -2.37. The number of hydrazone groups is 1. The first-order chi connectivity index (χ1) is 7.72. The molecule has 1 aromatic carbocycles. The maximum Gasteiger partial charge on any atom is 0.100 e. The van der Waals surface area contributed by atoms with Crippen LogP contribution in [0, 0.1) is 0 Å². The second-order valence-electron chi connectivity index (χ2n) is 3.30. The minimum Gasteiger partial charge on any atom is -0.221 e. The van der Waals surface area contributed by atoms with E-state index in [1.165, 1.54) is 0 Å². The third-order valence-corrected chi connectivity index (χ3v) is 3.67. The lowest BCUT2D eigenvalue weighted by Gasteiger charge is -2.31. The molecule has 0 bridgehead atoms. The topological polar surface area (TPSA) is 27.6 Å². The van der Waals surface area contributed by atoms with Crippen molar-refractivity contribution in [3.8, 4) is 0 Å². The normalized spacial score (nSPS) is 19.0. The minimum atomic E-state index is 0. The highest BCUT2D eigenvalue weighted by Crippen LogP contribution is 2.33. The summed E-state index contributed by atoms with van der Waals surface area (Å²) in [5, 5.41) is 7.43. The molecular formula is C10H12Cl3N3S. The summed E-state index contributed by atoms with van der Waals surface area (Å²) in [6.07, 6.45) is 0. The summed E-state index contributed by atoms with van der Waals surface area (Å²) >= 11 is 13.8. The summed E-state index contributed by atoms with van der Waals surface area (Å²) in [6.45, 7) is 0. The van der Waals surface area contributed by atoms with Gasteiger partial charge in [-0.15, -0.1) is 24.2 Å². The summed E-state index contributed by atoms with van der Waals surface area (Å²) in [5.74, 6) is 0.893. The highest BCUT2D eigenvalue weighted by molar-refractivity contribution is 8.12. The Bertz CT molecular complexity index is 414. The number of nitrogens with zero attached hydrogens (tertiary/aromatic N) is 2. The van der Waals surface area contributed by atoms with Crippen LogP contribution in [-0.2, 0) is 0 Å². The highest BCUT2D eigenvalue weighted by atomic mass is 35.5. The van der Waals surface area contributed by atoms with E-state index in [0.717, 1.165) is 11.3 Å². The van der Waals surface area contributed by atoms with Gasteiger partial charge < -0.3 is 0 Å². The SMILES string of the molecule is CNN1N=CSCC1c1cc(Cl)ccc1Cl.Cl. The predicted octanol–water partition coefficient (Wildman–Crippen LogP) is 3.58. The second kappa shape index (κ2) is 6.71. The molecule has 0 saturated heterocycles. The summed E-state index contributed by atoms with van der Waals surface area (Å²) in [7, 11) is 1.83. The van der Waals surface area contributed by atoms with Gasteiger partial charge in [0.25, 0.3) is 0 Å². The highest BCUT2D eigenvalue weighted by Gasteiger charge is 2.23. The zero-order chi connectivity index (χ0) is 11.5. The van der Waals surface area contributed by atoms with Gasteiger partial charge in [0, 0.05) is 22.8 Å². The molecule has 2 rings (SSSR count). The molecule has 17 heavy (non-hydrogen) atoms. The van der Waals surface area contributed by atoms with Crippen molar-refractivity contribution in [2.75, 3.05) is 12.8 Å². The van der Waals surface area contributed by atoms with Gasteiger partial charge in [0.2, 0.25) is 0 Å². The van der Waals surface area contributed by atoms with E-state index in [1.54, 1.807) is 22.9 Å². The van der Waals surface area contributed by atoms with Crippen LogP contribution < -0.4 is 5.43 Å². The third kappa shape index (κ3) is 3.42. The Morgan fingerprint density at radius 1 is 1.47 bits per heavy atom. The van der Waals surface area contributed by atoms with Crippen molar-refractivity contribution in [1.82, 2.24) is 10.5 Å². The number of benzene rings is 1. The Labute approximate surface area is 121 Å². The van der Waals surface area contributed by atoms with Crippen LogP contribution in [0.5, 0.6) is 0 Å². The van der Waals surface area contributed by atoms with Crippen molar-refractivity contribution >= 4 is 52.9 Å². The summed E-state index contributed by atoms with van der Waals surface area (Å²) < 4.78 is 0. The zero-order valence-corrected chi connectivity index (χ0v) is 12.2. The number of hydrogen-bond acceptors (Lipinski definition) is 4. The van der Waals surface area contributed by atoms with Gasteiger partial charge in [0.05, 0.1) is 5.55 Å². The molecule has 3 nitrogen and oxygen atoms in total. The van der Waals surface area contributed by atoms with Gasteiger partial charge >= 0.3 is 0 Å². The van der Waals surface area contributed by atoms with Gasteiger partial charge in [-0.1, -0.05) is 23.2 Å². The standard InChI is InChI=1S/C10H11Cl2N3S.ClH/c1-13-15-10(5-16-6-14-15)8-4-7(11)2-3-9(8)12;/h2-4,6,10,13H,5H2,1H3;1H. The monoisotopic (exact) mass is 311 g/mol. The first-order valence-corrected chi connectivity index (χ1v) is 6.58. The van der Waals surface area contributed by atoms with Gasteiger partial charge in [-0.25, -0.2) is 10.5 Å². The van der Waals surface area contributed by atoms with Crippen molar-refractivity contribution in [2.24, 2.45) is 5.10 Å². The molecule has 0 saturated carbocycles. The third-order valence-electron chi connectivity index (χ3n) is 2.34. The van der Waals surface area contributed by atoms with Gasteiger partial charge in [0.15, 0.2) is 0 Å². The van der Waals surface area contributed by atoms with Crippen LogP contribution in [0.25, 0.3) is 0 Å². The van der Waals surface area contributed by atoms with Gasteiger partial charge in [-0.2, -0.15) is 5.10 Å².